The molecule has 0 aromatic heterocycles. The maximum absolute atomic E-state index is 12.0. The van der Waals surface area contributed by atoms with Crippen molar-refractivity contribution in [1.29, 1.82) is 0 Å². The summed E-state index contributed by atoms with van der Waals surface area (Å²) >= 11 is 0. The molecule has 0 radical (unpaired) electrons. The molecule has 0 atom stereocenters. The van der Waals surface area contributed by atoms with Crippen LogP contribution in [0.4, 0.5) is 5.69 Å². The first-order valence-corrected chi connectivity index (χ1v) is 7.41. The van der Waals surface area contributed by atoms with Gasteiger partial charge < -0.3 is 5.32 Å². The normalized spacial score (nSPS) is 11.4. The van der Waals surface area contributed by atoms with Crippen LogP contribution in [0.2, 0.25) is 0 Å². The Morgan fingerprint density at radius 1 is 1.18 bits per heavy atom. The molecule has 1 aromatic carbocycles. The number of anilines is 1. The lowest BCUT2D eigenvalue weighted by Gasteiger charge is -2.19. The molecule has 0 amide bonds. The molecule has 0 spiro atoms. The van der Waals surface area contributed by atoms with E-state index < -0.39 is 10.0 Å². The highest BCUT2D eigenvalue weighted by molar-refractivity contribution is 7.92. The summed E-state index contributed by atoms with van der Waals surface area (Å²) < 4.78 is 25.3. The van der Waals surface area contributed by atoms with Crippen LogP contribution in [-0.2, 0) is 10.0 Å². The van der Waals surface area contributed by atoms with Crippen LogP contribution in [0.5, 0.6) is 0 Å². The van der Waals surface area contributed by atoms with E-state index in [1.165, 1.54) is 4.31 Å². The molecule has 0 saturated heterocycles. The molecular weight excluding hydrogens is 236 g/mol. The molecule has 0 aliphatic rings. The van der Waals surface area contributed by atoms with E-state index in [1.807, 2.05) is 18.2 Å². The van der Waals surface area contributed by atoms with Crippen molar-refractivity contribution in [2.45, 2.75) is 13.3 Å². The number of nitrogens with zero attached hydrogens (tertiary/aromatic N) is 1. The highest BCUT2D eigenvalue weighted by atomic mass is 32.2. The zero-order valence-corrected chi connectivity index (χ0v) is 11.2. The number of hydrogen-bond donors (Lipinski definition) is 1. The van der Waals surface area contributed by atoms with Gasteiger partial charge in [-0.05, 0) is 25.1 Å². The third-order valence-corrected chi connectivity index (χ3v) is 4.27. The maximum Gasteiger partial charge on any atom is 0.236 e. The van der Waals surface area contributed by atoms with E-state index in [0.717, 1.165) is 13.0 Å². The standard InChI is InChI=1S/C12H20N2O2S/c1-3-9-13-10-11-17(15,16)14(2)12-7-5-4-6-8-12/h4-8,13H,3,9-11H2,1-2H3. The van der Waals surface area contributed by atoms with Gasteiger partial charge in [-0.15, -0.1) is 0 Å². The molecule has 1 rings (SSSR count). The van der Waals surface area contributed by atoms with Gasteiger partial charge in [0.25, 0.3) is 0 Å². The summed E-state index contributed by atoms with van der Waals surface area (Å²) in [4.78, 5) is 0. The summed E-state index contributed by atoms with van der Waals surface area (Å²) in [6.45, 7) is 3.40. The second-order valence-corrected chi connectivity index (χ2v) is 5.99. The van der Waals surface area contributed by atoms with Gasteiger partial charge in [-0.2, -0.15) is 0 Å². The predicted octanol–water partition coefficient (Wildman–Crippen LogP) is 1.45. The highest BCUT2D eigenvalue weighted by Crippen LogP contribution is 2.14. The van der Waals surface area contributed by atoms with Crippen molar-refractivity contribution in [3.8, 4) is 0 Å². The SMILES string of the molecule is CCCNCCS(=O)(=O)N(C)c1ccccc1. The lowest BCUT2D eigenvalue weighted by atomic mass is 10.3. The molecule has 0 aliphatic carbocycles. The van der Waals surface area contributed by atoms with Crippen LogP contribution in [0.25, 0.3) is 0 Å². The van der Waals surface area contributed by atoms with Crippen LogP contribution in [0.1, 0.15) is 13.3 Å². The summed E-state index contributed by atoms with van der Waals surface area (Å²) in [6.07, 6.45) is 1.01. The third kappa shape index (κ3) is 4.36. The summed E-state index contributed by atoms with van der Waals surface area (Å²) in [5.41, 5.74) is 0.697. The van der Waals surface area contributed by atoms with Crippen LogP contribution in [0.15, 0.2) is 30.3 Å². The van der Waals surface area contributed by atoms with E-state index in [9.17, 15) is 8.42 Å². The molecule has 4 nitrogen and oxygen atoms in total. The number of sulfonamides is 1. The van der Waals surface area contributed by atoms with E-state index in [1.54, 1.807) is 19.2 Å². The number of hydrogen-bond acceptors (Lipinski definition) is 3. The minimum Gasteiger partial charge on any atom is -0.316 e. The van der Waals surface area contributed by atoms with E-state index >= 15 is 0 Å². The third-order valence-electron chi connectivity index (χ3n) is 2.50. The molecule has 0 heterocycles. The summed E-state index contributed by atoms with van der Waals surface area (Å²) in [6, 6.07) is 9.11. The lowest BCUT2D eigenvalue weighted by Crippen LogP contribution is -2.33. The Kier molecular flexibility index (Phi) is 5.44. The van der Waals surface area contributed by atoms with E-state index in [2.05, 4.69) is 12.2 Å². The van der Waals surface area contributed by atoms with Crippen LogP contribution >= 0.6 is 0 Å². The van der Waals surface area contributed by atoms with Crippen molar-refractivity contribution < 1.29 is 8.42 Å². The molecule has 0 bridgehead atoms. The first kappa shape index (κ1) is 14.0. The maximum atomic E-state index is 12.0. The monoisotopic (exact) mass is 256 g/mol. The Morgan fingerprint density at radius 3 is 2.41 bits per heavy atom. The molecule has 0 saturated carbocycles. The van der Waals surface area contributed by atoms with Crippen molar-refractivity contribution in [3.05, 3.63) is 30.3 Å². The van der Waals surface area contributed by atoms with Crippen molar-refractivity contribution in [2.24, 2.45) is 0 Å². The molecule has 1 aromatic rings. The van der Waals surface area contributed by atoms with Gasteiger partial charge in [0, 0.05) is 13.6 Å². The number of benzene rings is 1. The fourth-order valence-electron chi connectivity index (χ4n) is 1.44. The Balaban J connectivity index is 2.58. The Hall–Kier alpha value is -1.07. The molecular formula is C12H20N2O2S. The zero-order valence-electron chi connectivity index (χ0n) is 10.4. The number of para-hydroxylation sites is 1. The molecule has 5 heteroatoms. The van der Waals surface area contributed by atoms with Gasteiger partial charge in [0.1, 0.15) is 0 Å². The topological polar surface area (TPSA) is 49.4 Å². The average molecular weight is 256 g/mol. The summed E-state index contributed by atoms with van der Waals surface area (Å²) in [5, 5.41) is 3.09. The molecule has 1 N–H and O–H groups in total. The first-order valence-electron chi connectivity index (χ1n) is 5.80. The van der Waals surface area contributed by atoms with Gasteiger partial charge in [0.2, 0.25) is 10.0 Å². The molecule has 0 fully saturated rings. The minimum absolute atomic E-state index is 0.123. The first-order chi connectivity index (χ1) is 8.08. The van der Waals surface area contributed by atoms with Crippen LogP contribution in [-0.4, -0.2) is 34.3 Å². The van der Waals surface area contributed by atoms with E-state index in [0.29, 0.717) is 12.2 Å². The fraction of sp³-hybridized carbons (Fsp3) is 0.500. The summed E-state index contributed by atoms with van der Waals surface area (Å²) in [7, 11) is -1.64. The van der Waals surface area contributed by atoms with Crippen molar-refractivity contribution >= 4 is 15.7 Å². The molecule has 0 aliphatic heterocycles. The van der Waals surface area contributed by atoms with Crippen molar-refractivity contribution in [3.63, 3.8) is 0 Å². The van der Waals surface area contributed by atoms with Crippen LogP contribution < -0.4 is 9.62 Å². The minimum atomic E-state index is -3.22. The molecule has 17 heavy (non-hydrogen) atoms. The number of rotatable bonds is 7. The molecule has 96 valence electrons. The van der Waals surface area contributed by atoms with Gasteiger partial charge in [-0.1, -0.05) is 25.1 Å². The summed E-state index contributed by atoms with van der Waals surface area (Å²) in [5.74, 6) is 0.123. The average Bonchev–Trinajstić information content (AvgIpc) is 2.35. The quantitative estimate of drug-likeness (QED) is 0.751. The fourth-order valence-corrected chi connectivity index (χ4v) is 2.56. The smallest absolute Gasteiger partial charge is 0.236 e. The predicted molar refractivity (Wildman–Crippen MR) is 71.8 cm³/mol. The zero-order chi connectivity index (χ0) is 12.7. The van der Waals surface area contributed by atoms with Gasteiger partial charge in [-0.25, -0.2) is 8.42 Å². The second-order valence-electron chi connectivity index (χ2n) is 3.87. The van der Waals surface area contributed by atoms with Gasteiger partial charge in [0.05, 0.1) is 11.4 Å². The van der Waals surface area contributed by atoms with Gasteiger partial charge in [0.15, 0.2) is 0 Å². The van der Waals surface area contributed by atoms with Crippen molar-refractivity contribution in [1.82, 2.24) is 5.32 Å². The Morgan fingerprint density at radius 2 is 1.82 bits per heavy atom. The van der Waals surface area contributed by atoms with Gasteiger partial charge in [-0.3, -0.25) is 4.31 Å². The largest absolute Gasteiger partial charge is 0.316 e. The number of nitrogens with one attached hydrogen (secondary N) is 1. The van der Waals surface area contributed by atoms with E-state index in [4.69, 9.17) is 0 Å². The Labute approximate surface area is 104 Å². The highest BCUT2D eigenvalue weighted by Gasteiger charge is 2.17. The van der Waals surface area contributed by atoms with E-state index in [-0.39, 0.29) is 5.75 Å². The Bertz CT molecular complexity index is 417. The van der Waals surface area contributed by atoms with Gasteiger partial charge >= 0.3 is 0 Å². The van der Waals surface area contributed by atoms with Crippen LogP contribution in [0.3, 0.4) is 0 Å². The van der Waals surface area contributed by atoms with Crippen molar-refractivity contribution in [2.75, 3.05) is 30.2 Å². The second kappa shape index (κ2) is 6.61. The van der Waals surface area contributed by atoms with Crippen LogP contribution in [0, 0.1) is 0 Å². The molecule has 0 unspecified atom stereocenters. The lowest BCUT2D eigenvalue weighted by molar-refractivity contribution is 0.588.